The summed E-state index contributed by atoms with van der Waals surface area (Å²) in [6.45, 7) is 1.62. The molecule has 0 spiro atoms. The molecule has 4 N–H and O–H groups in total. The lowest BCUT2D eigenvalue weighted by atomic mass is 10.1. The summed E-state index contributed by atoms with van der Waals surface area (Å²) in [5.74, 6) is -1.31. The van der Waals surface area contributed by atoms with Crippen molar-refractivity contribution in [1.82, 2.24) is 9.29 Å². The van der Waals surface area contributed by atoms with E-state index in [1.807, 2.05) is 0 Å². The van der Waals surface area contributed by atoms with Crippen LogP contribution in [0.3, 0.4) is 0 Å². The van der Waals surface area contributed by atoms with Gasteiger partial charge in [-0.25, -0.2) is 13.4 Å². The fourth-order valence-corrected chi connectivity index (χ4v) is 6.86. The van der Waals surface area contributed by atoms with Crippen molar-refractivity contribution < 1.29 is 28.2 Å². The first kappa shape index (κ1) is 24.0. The molecule has 1 saturated heterocycles. The smallest absolute Gasteiger partial charge is 0.244 e. The zero-order valence-corrected chi connectivity index (χ0v) is 20.7. The van der Waals surface area contributed by atoms with Gasteiger partial charge >= 0.3 is 0 Å². The minimum atomic E-state index is -3.96. The highest BCUT2D eigenvalue weighted by atomic mass is 32.2. The highest BCUT2D eigenvalue weighted by molar-refractivity contribution is 7.89. The highest BCUT2D eigenvalue weighted by Gasteiger charge is 2.39. The number of benzene rings is 3. The van der Waals surface area contributed by atoms with Gasteiger partial charge in [-0.3, -0.25) is 9.59 Å². The van der Waals surface area contributed by atoms with Gasteiger partial charge in [0.1, 0.15) is 6.04 Å². The maximum absolute atomic E-state index is 13.5. The van der Waals surface area contributed by atoms with Gasteiger partial charge in [0.2, 0.25) is 21.8 Å². The molecule has 1 fully saturated rings. The number of nitrogens with one attached hydrogen (secondary N) is 2. The Balaban J connectivity index is 1.38. The fraction of sp³-hybridized carbons (Fsp3) is 0.208. The Labute approximate surface area is 210 Å². The van der Waals surface area contributed by atoms with Gasteiger partial charge < -0.3 is 20.8 Å². The lowest BCUT2D eigenvalue weighted by Crippen LogP contribution is -2.43. The Morgan fingerprint density at radius 1 is 1.03 bits per heavy atom. The molecule has 1 atom stereocenters. The molecule has 0 unspecified atom stereocenters. The molecule has 10 nitrogen and oxygen atoms in total. The van der Waals surface area contributed by atoms with E-state index in [9.17, 15) is 28.2 Å². The fourth-order valence-electron chi connectivity index (χ4n) is 4.28. The van der Waals surface area contributed by atoms with Gasteiger partial charge in [-0.15, -0.1) is 0 Å². The molecular formula is C24H22N4O6S2. The molecule has 2 amide bonds. The van der Waals surface area contributed by atoms with E-state index in [2.05, 4.69) is 15.6 Å². The van der Waals surface area contributed by atoms with Crippen LogP contribution < -0.4 is 10.6 Å². The number of phenols is 2. The topological polar surface area (TPSA) is 149 Å². The second-order valence-corrected chi connectivity index (χ2v) is 11.4. The molecule has 0 saturated carbocycles. The van der Waals surface area contributed by atoms with Crippen molar-refractivity contribution in [2.24, 2.45) is 0 Å². The van der Waals surface area contributed by atoms with Crippen molar-refractivity contribution in [3.05, 3.63) is 48.5 Å². The molecule has 1 aliphatic heterocycles. The maximum Gasteiger partial charge on any atom is 0.244 e. The van der Waals surface area contributed by atoms with Crippen molar-refractivity contribution in [3.8, 4) is 11.5 Å². The van der Waals surface area contributed by atoms with Gasteiger partial charge in [-0.05, 0) is 47.9 Å². The van der Waals surface area contributed by atoms with E-state index in [0.717, 1.165) is 16.7 Å². The summed E-state index contributed by atoms with van der Waals surface area (Å²) in [5, 5.41) is 26.4. The highest BCUT2D eigenvalue weighted by Crippen LogP contribution is 2.35. The van der Waals surface area contributed by atoms with Crippen molar-refractivity contribution in [2.75, 3.05) is 17.2 Å². The second-order valence-electron chi connectivity index (χ2n) is 8.50. The van der Waals surface area contributed by atoms with Crippen LogP contribution in [0.25, 0.3) is 21.0 Å². The number of carbonyl (C=O) groups excluding carboxylic acids is 2. The number of hydrogen-bond acceptors (Lipinski definition) is 8. The standard InChI is InChI=1S/C24H22N4O6S2/c1-13(29)25-16-6-4-15-10-17(7-5-14(15)9-16)36(33,34)28-8-2-3-19(28)23(32)27-24-26-18-11-20(30)21(31)12-22(18)35-24/h4-7,9-12,19,30-31H,2-3,8H2,1H3,(H,25,29)(H,26,27,32)/t19-/m1/s1. The molecule has 0 aliphatic carbocycles. The molecule has 1 aliphatic rings. The quantitative estimate of drug-likeness (QED) is 0.290. The van der Waals surface area contributed by atoms with Crippen molar-refractivity contribution in [1.29, 1.82) is 0 Å². The van der Waals surface area contributed by atoms with Gasteiger partial charge in [-0.1, -0.05) is 23.5 Å². The third-order valence-corrected chi connectivity index (χ3v) is 8.80. The zero-order valence-electron chi connectivity index (χ0n) is 19.1. The number of fused-ring (bicyclic) bond motifs is 2. The number of nitrogens with zero attached hydrogens (tertiary/aromatic N) is 2. The summed E-state index contributed by atoms with van der Waals surface area (Å²) in [7, 11) is -3.96. The summed E-state index contributed by atoms with van der Waals surface area (Å²) < 4.78 is 28.8. The van der Waals surface area contributed by atoms with E-state index in [0.29, 0.717) is 34.1 Å². The number of rotatable bonds is 5. The van der Waals surface area contributed by atoms with E-state index in [1.165, 1.54) is 29.4 Å². The van der Waals surface area contributed by atoms with Crippen LogP contribution in [0.15, 0.2) is 53.4 Å². The number of aromatic hydroxyl groups is 2. The molecule has 0 radical (unpaired) electrons. The number of aromatic nitrogens is 1. The summed E-state index contributed by atoms with van der Waals surface area (Å²) in [5.41, 5.74) is 1.02. The van der Waals surface area contributed by atoms with E-state index in [1.54, 1.807) is 30.3 Å². The first-order valence-electron chi connectivity index (χ1n) is 11.1. The van der Waals surface area contributed by atoms with Crippen LogP contribution >= 0.6 is 11.3 Å². The Morgan fingerprint density at radius 2 is 1.75 bits per heavy atom. The Hall–Kier alpha value is -3.74. The summed E-state index contributed by atoms with van der Waals surface area (Å²) >= 11 is 1.11. The largest absolute Gasteiger partial charge is 0.504 e. The average Bonchev–Trinajstić information content (AvgIpc) is 3.46. The van der Waals surface area contributed by atoms with Gasteiger partial charge in [0.25, 0.3) is 0 Å². The lowest BCUT2D eigenvalue weighted by molar-refractivity contribution is -0.119. The van der Waals surface area contributed by atoms with E-state index in [-0.39, 0.29) is 34.0 Å². The molecule has 36 heavy (non-hydrogen) atoms. The molecule has 186 valence electrons. The zero-order chi connectivity index (χ0) is 25.6. The first-order valence-corrected chi connectivity index (χ1v) is 13.3. The SMILES string of the molecule is CC(=O)Nc1ccc2cc(S(=O)(=O)N3CCC[C@@H]3C(=O)Nc3nc4cc(O)c(O)cc4s3)ccc2c1. The number of amides is 2. The van der Waals surface area contributed by atoms with E-state index in [4.69, 9.17) is 0 Å². The van der Waals surface area contributed by atoms with Crippen LogP contribution in [0.4, 0.5) is 10.8 Å². The third-order valence-electron chi connectivity index (χ3n) is 5.96. The molecule has 12 heteroatoms. The molecule has 0 bridgehead atoms. The summed E-state index contributed by atoms with van der Waals surface area (Å²) in [6.07, 6.45) is 0.901. The number of phenolic OH excluding ortho intramolecular Hbond substituents is 2. The van der Waals surface area contributed by atoms with Gasteiger partial charge in [-0.2, -0.15) is 4.31 Å². The second kappa shape index (κ2) is 9.04. The minimum absolute atomic E-state index is 0.0768. The van der Waals surface area contributed by atoms with Crippen molar-refractivity contribution >= 4 is 65.0 Å². The predicted molar refractivity (Wildman–Crippen MR) is 137 cm³/mol. The van der Waals surface area contributed by atoms with Gasteiger partial charge in [0.05, 0.1) is 15.1 Å². The summed E-state index contributed by atoms with van der Waals surface area (Å²) in [6, 6.07) is 11.7. The molecule has 2 heterocycles. The van der Waals surface area contributed by atoms with Crippen LogP contribution in [0.2, 0.25) is 0 Å². The molecule has 5 rings (SSSR count). The van der Waals surface area contributed by atoms with Crippen LogP contribution in [-0.4, -0.2) is 52.3 Å². The first-order chi connectivity index (χ1) is 17.1. The number of carbonyl (C=O) groups is 2. The number of thiazole rings is 1. The van der Waals surface area contributed by atoms with Crippen LogP contribution in [0.1, 0.15) is 19.8 Å². The normalized spacial score (nSPS) is 16.4. The van der Waals surface area contributed by atoms with E-state index >= 15 is 0 Å². The van der Waals surface area contributed by atoms with Gasteiger partial charge in [0, 0.05) is 31.3 Å². The molecular weight excluding hydrogens is 504 g/mol. The number of sulfonamides is 1. The molecule has 4 aromatic rings. The minimum Gasteiger partial charge on any atom is -0.504 e. The summed E-state index contributed by atoms with van der Waals surface area (Å²) in [4.78, 5) is 28.7. The van der Waals surface area contributed by atoms with Crippen LogP contribution in [0.5, 0.6) is 11.5 Å². The third kappa shape index (κ3) is 4.45. The Kier molecular flexibility index (Phi) is 6.02. The van der Waals surface area contributed by atoms with Crippen LogP contribution in [0, 0.1) is 0 Å². The van der Waals surface area contributed by atoms with Gasteiger partial charge in [0.15, 0.2) is 16.6 Å². The van der Waals surface area contributed by atoms with E-state index < -0.39 is 22.0 Å². The monoisotopic (exact) mass is 526 g/mol. The van der Waals surface area contributed by atoms with Crippen molar-refractivity contribution in [3.63, 3.8) is 0 Å². The Bertz CT molecular complexity index is 1590. The Morgan fingerprint density at radius 3 is 2.53 bits per heavy atom. The lowest BCUT2D eigenvalue weighted by Gasteiger charge is -2.23. The maximum atomic E-state index is 13.5. The van der Waals surface area contributed by atoms with Crippen LogP contribution in [-0.2, 0) is 19.6 Å². The average molecular weight is 527 g/mol. The molecule has 1 aromatic heterocycles. The van der Waals surface area contributed by atoms with Crippen molar-refractivity contribution in [2.45, 2.75) is 30.7 Å². The number of hydrogen-bond donors (Lipinski definition) is 4. The molecule has 3 aromatic carbocycles. The predicted octanol–water partition coefficient (Wildman–Crippen LogP) is 3.61. The number of anilines is 2.